The quantitative estimate of drug-likeness (QED) is 0.371. The highest BCUT2D eigenvalue weighted by Crippen LogP contribution is 2.28. The van der Waals surface area contributed by atoms with Gasteiger partial charge in [0.15, 0.2) is 0 Å². The van der Waals surface area contributed by atoms with E-state index in [0.29, 0.717) is 0 Å². The molecule has 108 valence electrons. The predicted octanol–water partition coefficient (Wildman–Crippen LogP) is 3.33. The third-order valence-electron chi connectivity index (χ3n) is 2.11. The van der Waals surface area contributed by atoms with E-state index in [1.54, 1.807) is 0 Å². The molecule has 0 fully saturated rings. The van der Waals surface area contributed by atoms with Crippen molar-refractivity contribution in [3.63, 3.8) is 0 Å². The van der Waals surface area contributed by atoms with E-state index >= 15 is 0 Å². The third-order valence-corrected chi connectivity index (χ3v) is 2.11. The lowest BCUT2D eigenvalue weighted by atomic mass is 10.0. The fourth-order valence-corrected chi connectivity index (χ4v) is 1.26. The number of carbonyl (C=O) groups excluding carboxylic acids is 2. The zero-order valence-corrected chi connectivity index (χ0v) is 9.55. The van der Waals surface area contributed by atoms with Crippen LogP contribution in [0.25, 0.3) is 6.08 Å². The highest BCUT2D eigenvalue weighted by Gasteiger charge is 2.50. The Morgan fingerprint density at radius 1 is 0.800 bits per heavy atom. The number of carbonyl (C=O) groups is 2. The number of halogens is 6. The van der Waals surface area contributed by atoms with E-state index in [4.69, 9.17) is 0 Å². The Morgan fingerprint density at radius 2 is 1.20 bits per heavy atom. The molecule has 0 bridgehead atoms. The Kier molecular flexibility index (Phi) is 4.36. The Morgan fingerprint density at radius 3 is 1.55 bits per heavy atom. The van der Waals surface area contributed by atoms with E-state index in [9.17, 15) is 35.9 Å². The fraction of sp³-hybridized carbons (Fsp3) is 0.167. The summed E-state index contributed by atoms with van der Waals surface area (Å²) in [7, 11) is 0. The van der Waals surface area contributed by atoms with Gasteiger partial charge in [-0.3, -0.25) is 9.59 Å². The Bertz CT molecular complexity index is 511. The van der Waals surface area contributed by atoms with Crippen LogP contribution < -0.4 is 0 Å². The topological polar surface area (TPSA) is 34.1 Å². The van der Waals surface area contributed by atoms with Gasteiger partial charge in [-0.2, -0.15) is 26.3 Å². The molecular formula is C12H6F6O2. The number of hydrogen-bond donors (Lipinski definition) is 0. The van der Waals surface area contributed by atoms with Crippen molar-refractivity contribution in [3.05, 3.63) is 41.5 Å². The number of allylic oxidation sites excluding steroid dienone is 1. The van der Waals surface area contributed by atoms with Gasteiger partial charge in [0.05, 0.1) is 5.57 Å². The smallest absolute Gasteiger partial charge is 0.284 e. The maximum Gasteiger partial charge on any atom is 0.455 e. The molecule has 0 radical (unpaired) electrons. The molecule has 0 aromatic heterocycles. The maximum atomic E-state index is 12.2. The zero-order valence-electron chi connectivity index (χ0n) is 9.55. The molecule has 1 aromatic carbocycles. The van der Waals surface area contributed by atoms with E-state index in [1.165, 1.54) is 18.2 Å². The number of Topliss-reactive ketones (excluding diaryl/α,β-unsaturated/α-hetero) is 2. The van der Waals surface area contributed by atoms with Gasteiger partial charge in [-0.05, 0) is 11.6 Å². The molecule has 0 aliphatic heterocycles. The third kappa shape index (κ3) is 3.94. The molecule has 0 N–H and O–H groups in total. The van der Waals surface area contributed by atoms with Crippen molar-refractivity contribution in [3.8, 4) is 0 Å². The molecule has 0 aliphatic carbocycles. The summed E-state index contributed by atoms with van der Waals surface area (Å²) in [6.45, 7) is 0. The fourth-order valence-electron chi connectivity index (χ4n) is 1.26. The van der Waals surface area contributed by atoms with E-state index in [1.807, 2.05) is 0 Å². The van der Waals surface area contributed by atoms with Crippen molar-refractivity contribution in [2.24, 2.45) is 0 Å². The van der Waals surface area contributed by atoms with Crippen molar-refractivity contribution in [1.82, 2.24) is 0 Å². The van der Waals surface area contributed by atoms with E-state index < -0.39 is 29.5 Å². The number of hydrogen-bond acceptors (Lipinski definition) is 2. The lowest BCUT2D eigenvalue weighted by Gasteiger charge is -2.10. The van der Waals surface area contributed by atoms with Gasteiger partial charge >= 0.3 is 12.4 Å². The minimum Gasteiger partial charge on any atom is -0.284 e. The molecule has 2 nitrogen and oxygen atoms in total. The van der Waals surface area contributed by atoms with Crippen molar-refractivity contribution >= 4 is 17.6 Å². The van der Waals surface area contributed by atoms with Crippen LogP contribution in [-0.2, 0) is 9.59 Å². The van der Waals surface area contributed by atoms with Gasteiger partial charge in [-0.1, -0.05) is 30.3 Å². The summed E-state index contributed by atoms with van der Waals surface area (Å²) < 4.78 is 73.4. The monoisotopic (exact) mass is 296 g/mol. The molecule has 1 rings (SSSR count). The lowest BCUT2D eigenvalue weighted by molar-refractivity contribution is -0.175. The van der Waals surface area contributed by atoms with Crippen LogP contribution in [0.1, 0.15) is 5.56 Å². The first kappa shape index (κ1) is 15.9. The van der Waals surface area contributed by atoms with Crippen LogP contribution in [-0.4, -0.2) is 23.9 Å². The first-order valence-corrected chi connectivity index (χ1v) is 5.03. The van der Waals surface area contributed by atoms with Gasteiger partial charge < -0.3 is 0 Å². The number of benzene rings is 1. The number of rotatable bonds is 3. The first-order valence-electron chi connectivity index (χ1n) is 5.03. The van der Waals surface area contributed by atoms with Gasteiger partial charge in [0, 0.05) is 0 Å². The summed E-state index contributed by atoms with van der Waals surface area (Å²) in [5.74, 6) is -5.66. The summed E-state index contributed by atoms with van der Waals surface area (Å²) in [6.07, 6.45) is -10.9. The summed E-state index contributed by atoms with van der Waals surface area (Å²) in [5.41, 5.74) is -2.09. The van der Waals surface area contributed by atoms with Crippen LogP contribution in [0.15, 0.2) is 35.9 Å². The van der Waals surface area contributed by atoms with Crippen LogP contribution >= 0.6 is 0 Å². The Hall–Kier alpha value is -2.12. The number of ketones is 2. The average Bonchev–Trinajstić information content (AvgIpc) is 2.33. The molecule has 0 spiro atoms. The minimum atomic E-state index is -5.57. The van der Waals surface area contributed by atoms with Crippen LogP contribution in [0.5, 0.6) is 0 Å². The summed E-state index contributed by atoms with van der Waals surface area (Å²) in [6, 6.07) is 6.45. The molecular weight excluding hydrogens is 290 g/mol. The molecule has 0 unspecified atom stereocenters. The number of alkyl halides is 6. The molecule has 0 saturated carbocycles. The zero-order chi connectivity index (χ0) is 15.6. The second-order valence-electron chi connectivity index (χ2n) is 3.62. The SMILES string of the molecule is O=C(C(=Cc1ccccc1)C(=O)C(F)(F)F)C(F)(F)F. The molecule has 0 amide bonds. The van der Waals surface area contributed by atoms with Gasteiger partial charge in [0.1, 0.15) is 0 Å². The summed E-state index contributed by atoms with van der Waals surface area (Å²) in [4.78, 5) is 21.9. The summed E-state index contributed by atoms with van der Waals surface area (Å²) >= 11 is 0. The second kappa shape index (κ2) is 5.48. The van der Waals surface area contributed by atoms with Gasteiger partial charge in [-0.15, -0.1) is 0 Å². The van der Waals surface area contributed by atoms with Crippen LogP contribution in [0.3, 0.4) is 0 Å². The Labute approximate surface area is 108 Å². The normalized spacial score (nSPS) is 11.9. The average molecular weight is 296 g/mol. The first-order chi connectivity index (χ1) is 9.03. The molecule has 0 aliphatic rings. The minimum absolute atomic E-state index is 0.127. The van der Waals surface area contributed by atoms with Crippen molar-refractivity contribution < 1.29 is 35.9 Å². The lowest BCUT2D eigenvalue weighted by Crippen LogP contribution is -2.34. The van der Waals surface area contributed by atoms with Crippen LogP contribution in [0, 0.1) is 0 Å². The van der Waals surface area contributed by atoms with E-state index in [-0.39, 0.29) is 11.6 Å². The highest BCUT2D eigenvalue weighted by molar-refractivity contribution is 6.26. The molecule has 0 saturated heterocycles. The van der Waals surface area contributed by atoms with Gasteiger partial charge in [-0.25, -0.2) is 0 Å². The van der Waals surface area contributed by atoms with E-state index in [0.717, 1.165) is 12.1 Å². The molecule has 8 heteroatoms. The molecule has 20 heavy (non-hydrogen) atoms. The Balaban J connectivity index is 3.33. The maximum absolute atomic E-state index is 12.2. The molecule has 1 aromatic rings. The van der Waals surface area contributed by atoms with Crippen molar-refractivity contribution in [1.29, 1.82) is 0 Å². The standard InChI is InChI=1S/C12H6F6O2/c13-11(14,15)9(19)8(10(20)12(16,17)18)6-7-4-2-1-3-5-7/h1-6H. The van der Waals surface area contributed by atoms with Crippen LogP contribution in [0.2, 0.25) is 0 Å². The largest absolute Gasteiger partial charge is 0.455 e. The van der Waals surface area contributed by atoms with Crippen molar-refractivity contribution in [2.75, 3.05) is 0 Å². The predicted molar refractivity (Wildman–Crippen MR) is 56.5 cm³/mol. The van der Waals surface area contributed by atoms with Crippen molar-refractivity contribution in [2.45, 2.75) is 12.4 Å². The van der Waals surface area contributed by atoms with Gasteiger partial charge in [0.25, 0.3) is 11.6 Å². The second-order valence-corrected chi connectivity index (χ2v) is 3.62. The highest BCUT2D eigenvalue weighted by atomic mass is 19.4. The molecule has 0 heterocycles. The van der Waals surface area contributed by atoms with E-state index in [2.05, 4.69) is 0 Å². The molecule has 0 atom stereocenters. The summed E-state index contributed by atoms with van der Waals surface area (Å²) in [5, 5.41) is 0. The van der Waals surface area contributed by atoms with Gasteiger partial charge in [0.2, 0.25) is 0 Å². The van der Waals surface area contributed by atoms with Crippen LogP contribution in [0.4, 0.5) is 26.3 Å².